The fourth-order valence-electron chi connectivity index (χ4n) is 2.58. The van der Waals surface area contributed by atoms with Gasteiger partial charge in [0.05, 0.1) is 12.1 Å². The molecule has 0 radical (unpaired) electrons. The number of ether oxygens (including phenoxy) is 1. The first kappa shape index (κ1) is 16.5. The maximum Gasteiger partial charge on any atom is 0.222 e. The predicted molar refractivity (Wildman–Crippen MR) is 82.5 cm³/mol. The van der Waals surface area contributed by atoms with Gasteiger partial charge in [-0.2, -0.15) is 5.10 Å². The molecule has 1 aliphatic rings. The van der Waals surface area contributed by atoms with Crippen molar-refractivity contribution in [3.8, 4) is 0 Å². The Labute approximate surface area is 130 Å². The third-order valence-electron chi connectivity index (χ3n) is 3.97. The van der Waals surface area contributed by atoms with Crippen LogP contribution in [0.5, 0.6) is 0 Å². The van der Waals surface area contributed by atoms with Crippen molar-refractivity contribution in [2.75, 3.05) is 25.5 Å². The smallest absolute Gasteiger partial charge is 0.222 e. The Morgan fingerprint density at radius 3 is 3.00 bits per heavy atom. The highest BCUT2D eigenvalue weighted by Crippen LogP contribution is 2.23. The summed E-state index contributed by atoms with van der Waals surface area (Å²) >= 11 is 0. The standard InChI is InChI=1S/C15H24N4O3/c1-11(22-3)4-5-15(21)18-8-6-13(10-18)19-9-7-14(17-19)16-12(2)20/h7,9,11,13H,4-6,8,10H2,1-3H3,(H,16,17,20). The SMILES string of the molecule is COC(C)CCC(=O)N1CCC(n2ccc(NC(C)=O)n2)C1. The summed E-state index contributed by atoms with van der Waals surface area (Å²) in [4.78, 5) is 25.1. The van der Waals surface area contributed by atoms with Gasteiger partial charge in [0.2, 0.25) is 11.8 Å². The molecule has 0 bridgehead atoms. The van der Waals surface area contributed by atoms with E-state index in [4.69, 9.17) is 4.74 Å². The van der Waals surface area contributed by atoms with Gasteiger partial charge in [-0.1, -0.05) is 0 Å². The third-order valence-corrected chi connectivity index (χ3v) is 3.97. The minimum atomic E-state index is -0.138. The second-order valence-electron chi connectivity index (χ2n) is 5.73. The van der Waals surface area contributed by atoms with E-state index in [1.54, 1.807) is 13.2 Å². The maximum atomic E-state index is 12.2. The predicted octanol–water partition coefficient (Wildman–Crippen LogP) is 1.43. The minimum absolute atomic E-state index is 0.105. The van der Waals surface area contributed by atoms with Gasteiger partial charge in [-0.15, -0.1) is 0 Å². The number of anilines is 1. The Morgan fingerprint density at radius 1 is 1.55 bits per heavy atom. The molecular weight excluding hydrogens is 284 g/mol. The first-order valence-electron chi connectivity index (χ1n) is 7.63. The zero-order valence-electron chi connectivity index (χ0n) is 13.4. The molecular formula is C15H24N4O3. The Kier molecular flexibility index (Phi) is 5.54. The van der Waals surface area contributed by atoms with Crippen molar-refractivity contribution < 1.29 is 14.3 Å². The van der Waals surface area contributed by atoms with Gasteiger partial charge in [-0.05, 0) is 19.8 Å². The molecule has 1 aromatic rings. The minimum Gasteiger partial charge on any atom is -0.382 e. The van der Waals surface area contributed by atoms with Crippen molar-refractivity contribution >= 4 is 17.6 Å². The summed E-state index contributed by atoms with van der Waals surface area (Å²) in [5, 5.41) is 7.00. The second kappa shape index (κ2) is 7.40. The topological polar surface area (TPSA) is 76.5 Å². The lowest BCUT2D eigenvalue weighted by molar-refractivity contribution is -0.130. The molecule has 2 heterocycles. The van der Waals surface area contributed by atoms with E-state index < -0.39 is 0 Å². The Morgan fingerprint density at radius 2 is 2.32 bits per heavy atom. The van der Waals surface area contributed by atoms with E-state index in [1.165, 1.54) is 6.92 Å². The van der Waals surface area contributed by atoms with Crippen LogP contribution < -0.4 is 5.32 Å². The van der Waals surface area contributed by atoms with Gasteiger partial charge in [0.25, 0.3) is 0 Å². The molecule has 22 heavy (non-hydrogen) atoms. The highest BCUT2D eigenvalue weighted by atomic mass is 16.5. The maximum absolute atomic E-state index is 12.2. The average Bonchev–Trinajstić information content (AvgIpc) is 3.12. The number of rotatable bonds is 6. The fourth-order valence-corrected chi connectivity index (χ4v) is 2.58. The summed E-state index contributed by atoms with van der Waals surface area (Å²) in [6.07, 6.45) is 4.08. The summed E-state index contributed by atoms with van der Waals surface area (Å²) in [5.74, 6) is 0.576. The van der Waals surface area contributed by atoms with Crippen molar-refractivity contribution in [2.24, 2.45) is 0 Å². The lowest BCUT2D eigenvalue weighted by Crippen LogP contribution is -2.29. The molecule has 7 heteroatoms. The van der Waals surface area contributed by atoms with E-state index in [0.717, 1.165) is 19.4 Å². The lowest BCUT2D eigenvalue weighted by atomic mass is 10.2. The zero-order valence-corrected chi connectivity index (χ0v) is 13.4. The van der Waals surface area contributed by atoms with Crippen LogP contribution >= 0.6 is 0 Å². The number of hydrogen-bond acceptors (Lipinski definition) is 4. The number of nitrogens with one attached hydrogen (secondary N) is 1. The molecule has 0 spiro atoms. The van der Waals surface area contributed by atoms with Gasteiger partial charge in [-0.25, -0.2) is 0 Å². The number of amides is 2. The third kappa shape index (κ3) is 4.30. The molecule has 122 valence electrons. The number of methoxy groups -OCH3 is 1. The largest absolute Gasteiger partial charge is 0.382 e. The molecule has 0 saturated carbocycles. The Bertz CT molecular complexity index is 529. The van der Waals surface area contributed by atoms with Crippen LogP contribution in [0.3, 0.4) is 0 Å². The summed E-state index contributed by atoms with van der Waals surface area (Å²) in [7, 11) is 1.66. The van der Waals surface area contributed by atoms with Gasteiger partial charge in [-0.3, -0.25) is 14.3 Å². The molecule has 1 aromatic heterocycles. The van der Waals surface area contributed by atoms with E-state index in [0.29, 0.717) is 18.8 Å². The molecule has 1 N–H and O–H groups in total. The van der Waals surface area contributed by atoms with Gasteiger partial charge in [0.15, 0.2) is 5.82 Å². The monoisotopic (exact) mass is 308 g/mol. The number of carbonyl (C=O) groups is 2. The Hall–Kier alpha value is -1.89. The number of likely N-dealkylation sites (tertiary alicyclic amines) is 1. The summed E-state index contributed by atoms with van der Waals surface area (Å²) in [6.45, 7) is 4.84. The zero-order chi connectivity index (χ0) is 16.1. The molecule has 2 atom stereocenters. The van der Waals surface area contributed by atoms with Crippen molar-refractivity contribution in [3.63, 3.8) is 0 Å². The molecule has 2 amide bonds. The summed E-state index contributed by atoms with van der Waals surface area (Å²) in [5.41, 5.74) is 0. The number of aromatic nitrogens is 2. The molecule has 7 nitrogen and oxygen atoms in total. The molecule has 2 rings (SSSR count). The van der Waals surface area contributed by atoms with Crippen LogP contribution in [0.25, 0.3) is 0 Å². The number of hydrogen-bond donors (Lipinski definition) is 1. The quantitative estimate of drug-likeness (QED) is 0.862. The lowest BCUT2D eigenvalue weighted by Gasteiger charge is -2.17. The molecule has 1 fully saturated rings. The second-order valence-corrected chi connectivity index (χ2v) is 5.73. The van der Waals surface area contributed by atoms with Crippen molar-refractivity contribution in [1.82, 2.24) is 14.7 Å². The van der Waals surface area contributed by atoms with Gasteiger partial charge >= 0.3 is 0 Å². The first-order chi connectivity index (χ1) is 10.5. The van der Waals surface area contributed by atoms with E-state index >= 15 is 0 Å². The van der Waals surface area contributed by atoms with Crippen LogP contribution in [-0.2, 0) is 14.3 Å². The highest BCUT2D eigenvalue weighted by molar-refractivity contribution is 5.87. The first-order valence-corrected chi connectivity index (χ1v) is 7.63. The summed E-state index contributed by atoms with van der Waals surface area (Å²) < 4.78 is 7.00. The summed E-state index contributed by atoms with van der Waals surface area (Å²) in [6, 6.07) is 1.94. The Balaban J connectivity index is 1.85. The van der Waals surface area contributed by atoms with Gasteiger partial charge < -0.3 is 15.0 Å². The number of nitrogens with zero attached hydrogens (tertiary/aromatic N) is 3. The van der Waals surface area contributed by atoms with Crippen LogP contribution in [0.4, 0.5) is 5.82 Å². The van der Waals surface area contributed by atoms with Gasteiger partial charge in [0.1, 0.15) is 0 Å². The van der Waals surface area contributed by atoms with Gasteiger partial charge in [0, 0.05) is 45.8 Å². The van der Waals surface area contributed by atoms with Crippen LogP contribution in [0.1, 0.15) is 39.2 Å². The molecule has 2 unspecified atom stereocenters. The average molecular weight is 308 g/mol. The van der Waals surface area contributed by atoms with Crippen LogP contribution in [0.15, 0.2) is 12.3 Å². The molecule has 1 saturated heterocycles. The van der Waals surface area contributed by atoms with Crippen LogP contribution in [0, 0.1) is 0 Å². The molecule has 0 aromatic carbocycles. The molecule has 0 aliphatic carbocycles. The number of carbonyl (C=O) groups excluding carboxylic acids is 2. The normalized spacial score (nSPS) is 19.2. The van der Waals surface area contributed by atoms with E-state index in [1.807, 2.05) is 22.7 Å². The fraction of sp³-hybridized carbons (Fsp3) is 0.667. The molecule has 1 aliphatic heterocycles. The van der Waals surface area contributed by atoms with Crippen LogP contribution in [0.2, 0.25) is 0 Å². The van der Waals surface area contributed by atoms with E-state index in [2.05, 4.69) is 10.4 Å². The van der Waals surface area contributed by atoms with Crippen molar-refractivity contribution in [1.29, 1.82) is 0 Å². The van der Waals surface area contributed by atoms with Crippen LogP contribution in [-0.4, -0.2) is 52.8 Å². The van der Waals surface area contributed by atoms with Crippen molar-refractivity contribution in [2.45, 2.75) is 45.3 Å². The highest BCUT2D eigenvalue weighted by Gasteiger charge is 2.27. The van der Waals surface area contributed by atoms with Crippen molar-refractivity contribution in [3.05, 3.63) is 12.3 Å². The van der Waals surface area contributed by atoms with E-state index in [9.17, 15) is 9.59 Å². The van der Waals surface area contributed by atoms with E-state index in [-0.39, 0.29) is 24.0 Å².